The number of rotatable bonds is 6. The average molecular weight is 426 g/mol. The van der Waals surface area contributed by atoms with Crippen LogP contribution in [-0.2, 0) is 24.2 Å². The highest BCUT2D eigenvalue weighted by atomic mass is 32.1. The normalized spacial score (nSPS) is 12.5. The van der Waals surface area contributed by atoms with Gasteiger partial charge in [0.1, 0.15) is 23.1 Å². The van der Waals surface area contributed by atoms with E-state index >= 15 is 0 Å². The lowest BCUT2D eigenvalue weighted by atomic mass is 10.1. The number of methoxy groups -OCH3 is 1. The monoisotopic (exact) mass is 426 g/mol. The lowest BCUT2D eigenvalue weighted by molar-refractivity contribution is 0.0601. The number of amides is 1. The van der Waals surface area contributed by atoms with Gasteiger partial charge in [-0.05, 0) is 50.3 Å². The van der Waals surface area contributed by atoms with Crippen LogP contribution >= 0.6 is 11.3 Å². The van der Waals surface area contributed by atoms with Crippen LogP contribution in [0.1, 0.15) is 54.6 Å². The number of aromatic nitrogens is 1. The summed E-state index contributed by atoms with van der Waals surface area (Å²) in [6, 6.07) is 7.64. The van der Waals surface area contributed by atoms with Crippen molar-refractivity contribution < 1.29 is 23.6 Å². The van der Waals surface area contributed by atoms with Crippen LogP contribution in [0.2, 0.25) is 0 Å². The smallest absolute Gasteiger partial charge is 0.341 e. The van der Waals surface area contributed by atoms with Gasteiger partial charge in [-0.2, -0.15) is 0 Å². The summed E-state index contributed by atoms with van der Waals surface area (Å²) in [5.74, 6) is 0.354. The first kappa shape index (κ1) is 20.2. The van der Waals surface area contributed by atoms with E-state index in [-0.39, 0.29) is 12.3 Å². The Kier molecular flexibility index (Phi) is 5.59. The Morgan fingerprint density at radius 1 is 1.23 bits per heavy atom. The summed E-state index contributed by atoms with van der Waals surface area (Å²) < 4.78 is 16.1. The molecule has 1 amide bonds. The number of fused-ring (bicyclic) bond motifs is 1. The molecule has 7 nitrogen and oxygen atoms in total. The van der Waals surface area contributed by atoms with Crippen molar-refractivity contribution in [2.75, 3.05) is 12.4 Å². The number of ether oxygens (including phenoxy) is 2. The number of carbonyl (C=O) groups excluding carboxylic acids is 2. The summed E-state index contributed by atoms with van der Waals surface area (Å²) in [6.07, 6.45) is 2.71. The van der Waals surface area contributed by atoms with Gasteiger partial charge in [-0.3, -0.25) is 4.79 Å². The molecule has 0 radical (unpaired) electrons. The van der Waals surface area contributed by atoms with Crippen molar-refractivity contribution in [3.63, 3.8) is 0 Å². The number of nitrogens with zero attached hydrogens (tertiary/aromatic N) is 1. The first-order valence-corrected chi connectivity index (χ1v) is 10.5. The quantitative estimate of drug-likeness (QED) is 0.585. The molecule has 1 aromatic carbocycles. The molecule has 0 atom stereocenters. The van der Waals surface area contributed by atoms with E-state index in [2.05, 4.69) is 10.5 Å². The van der Waals surface area contributed by atoms with Gasteiger partial charge < -0.3 is 19.3 Å². The van der Waals surface area contributed by atoms with E-state index < -0.39 is 11.9 Å². The molecule has 1 N–H and O–H groups in total. The van der Waals surface area contributed by atoms with E-state index in [4.69, 9.17) is 14.0 Å². The Labute approximate surface area is 178 Å². The number of benzene rings is 1. The number of hydrogen-bond donors (Lipinski definition) is 1. The van der Waals surface area contributed by atoms with Crippen LogP contribution in [0.25, 0.3) is 0 Å². The van der Waals surface area contributed by atoms with Gasteiger partial charge in [0.2, 0.25) is 0 Å². The number of hydrogen-bond acceptors (Lipinski definition) is 7. The predicted molar refractivity (Wildman–Crippen MR) is 112 cm³/mol. The number of aryl methyl sites for hydroxylation is 3. The van der Waals surface area contributed by atoms with Gasteiger partial charge in [0.05, 0.1) is 18.2 Å². The van der Waals surface area contributed by atoms with Gasteiger partial charge in [0.25, 0.3) is 5.91 Å². The van der Waals surface area contributed by atoms with Crippen molar-refractivity contribution in [3.8, 4) is 5.75 Å². The van der Waals surface area contributed by atoms with Gasteiger partial charge >= 0.3 is 5.97 Å². The molecular formula is C22H22N2O5S. The second-order valence-corrected chi connectivity index (χ2v) is 8.23. The molecule has 8 heteroatoms. The number of nitrogens with one attached hydrogen (secondary N) is 1. The van der Waals surface area contributed by atoms with E-state index in [1.165, 1.54) is 18.4 Å². The van der Waals surface area contributed by atoms with Crippen molar-refractivity contribution in [1.82, 2.24) is 5.16 Å². The van der Waals surface area contributed by atoms with E-state index in [0.29, 0.717) is 21.9 Å². The molecule has 0 saturated carbocycles. The zero-order valence-corrected chi connectivity index (χ0v) is 17.9. The van der Waals surface area contributed by atoms with Gasteiger partial charge in [0.15, 0.2) is 5.69 Å². The molecule has 0 saturated heterocycles. The molecule has 2 aromatic heterocycles. The maximum atomic E-state index is 13.0. The number of carbonyl (C=O) groups is 2. The third-order valence-electron chi connectivity index (χ3n) is 5.20. The van der Waals surface area contributed by atoms with Gasteiger partial charge in [-0.1, -0.05) is 23.4 Å². The van der Waals surface area contributed by atoms with Crippen LogP contribution in [0.15, 0.2) is 28.8 Å². The highest BCUT2D eigenvalue weighted by Crippen LogP contribution is 2.39. The molecule has 2 heterocycles. The fourth-order valence-electron chi connectivity index (χ4n) is 3.58. The Balaban J connectivity index is 1.57. The summed E-state index contributed by atoms with van der Waals surface area (Å²) in [5, 5.41) is 7.25. The number of thiophene rings is 1. The van der Waals surface area contributed by atoms with E-state index in [9.17, 15) is 9.59 Å². The molecule has 4 rings (SSSR count). The minimum absolute atomic E-state index is 0.144. The Morgan fingerprint density at radius 2 is 2.03 bits per heavy atom. The molecule has 0 unspecified atom stereocenters. The highest BCUT2D eigenvalue weighted by molar-refractivity contribution is 7.17. The van der Waals surface area contributed by atoms with Crippen molar-refractivity contribution in [2.45, 2.75) is 39.7 Å². The van der Waals surface area contributed by atoms with Crippen LogP contribution in [0.5, 0.6) is 5.75 Å². The van der Waals surface area contributed by atoms with E-state index in [0.717, 1.165) is 41.0 Å². The molecule has 0 bridgehead atoms. The van der Waals surface area contributed by atoms with Crippen LogP contribution < -0.4 is 10.1 Å². The third-order valence-corrected chi connectivity index (χ3v) is 6.41. The molecule has 156 valence electrons. The zero-order valence-electron chi connectivity index (χ0n) is 17.0. The Bertz CT molecular complexity index is 1110. The Morgan fingerprint density at radius 3 is 2.80 bits per heavy atom. The molecule has 30 heavy (non-hydrogen) atoms. The SMILES string of the molecule is COC(=O)c1c(NC(=O)c2noc(C)c2COc2ccccc2C)sc2c1CCC2. The zero-order chi connectivity index (χ0) is 21.3. The summed E-state index contributed by atoms with van der Waals surface area (Å²) in [7, 11) is 1.34. The lowest BCUT2D eigenvalue weighted by Crippen LogP contribution is -2.17. The first-order valence-electron chi connectivity index (χ1n) is 9.67. The van der Waals surface area contributed by atoms with Gasteiger partial charge in [0, 0.05) is 4.88 Å². The average Bonchev–Trinajstić information content (AvgIpc) is 3.41. The molecular weight excluding hydrogens is 404 g/mol. The van der Waals surface area contributed by atoms with Gasteiger partial charge in [-0.15, -0.1) is 11.3 Å². The minimum Gasteiger partial charge on any atom is -0.488 e. The second-order valence-electron chi connectivity index (χ2n) is 7.13. The van der Waals surface area contributed by atoms with Crippen molar-refractivity contribution in [2.24, 2.45) is 0 Å². The fourth-order valence-corrected chi connectivity index (χ4v) is 4.85. The van der Waals surface area contributed by atoms with Gasteiger partial charge in [-0.25, -0.2) is 4.79 Å². The second kappa shape index (κ2) is 8.31. The number of para-hydroxylation sites is 1. The number of anilines is 1. The highest BCUT2D eigenvalue weighted by Gasteiger charge is 2.29. The summed E-state index contributed by atoms with van der Waals surface area (Å²) in [5.41, 5.74) is 3.13. The van der Waals surface area contributed by atoms with Crippen LogP contribution in [0.4, 0.5) is 5.00 Å². The van der Waals surface area contributed by atoms with E-state index in [1.54, 1.807) is 6.92 Å². The predicted octanol–water partition coefficient (Wildman–Crippen LogP) is 4.46. The van der Waals surface area contributed by atoms with Crippen molar-refractivity contribution in [1.29, 1.82) is 0 Å². The lowest BCUT2D eigenvalue weighted by Gasteiger charge is -2.09. The molecule has 1 aliphatic carbocycles. The van der Waals surface area contributed by atoms with E-state index in [1.807, 2.05) is 31.2 Å². The van der Waals surface area contributed by atoms with Crippen LogP contribution in [0.3, 0.4) is 0 Å². The molecule has 1 aliphatic rings. The molecule has 3 aromatic rings. The first-order chi connectivity index (χ1) is 14.5. The van der Waals surface area contributed by atoms with Crippen LogP contribution in [0, 0.1) is 13.8 Å². The topological polar surface area (TPSA) is 90.7 Å². The van der Waals surface area contributed by atoms with Crippen LogP contribution in [-0.4, -0.2) is 24.1 Å². The summed E-state index contributed by atoms with van der Waals surface area (Å²) >= 11 is 1.42. The Hall–Kier alpha value is -3.13. The summed E-state index contributed by atoms with van der Waals surface area (Å²) in [6.45, 7) is 3.83. The standard InChI is InChI=1S/C22H22N2O5S/c1-12-7-4-5-9-16(12)28-11-15-13(2)29-24-19(15)20(25)23-21-18(22(26)27-3)14-8-6-10-17(14)30-21/h4-5,7,9H,6,8,10-11H2,1-3H3,(H,23,25). The third kappa shape index (κ3) is 3.70. The minimum atomic E-state index is -0.444. The maximum absolute atomic E-state index is 13.0. The largest absolute Gasteiger partial charge is 0.488 e. The maximum Gasteiger partial charge on any atom is 0.341 e. The fraction of sp³-hybridized carbons (Fsp3) is 0.318. The van der Waals surface area contributed by atoms with Crippen molar-refractivity contribution in [3.05, 3.63) is 62.9 Å². The summed E-state index contributed by atoms with van der Waals surface area (Å²) in [4.78, 5) is 26.4. The molecule has 0 aliphatic heterocycles. The molecule has 0 fully saturated rings. The molecule has 0 spiro atoms. The number of esters is 1. The van der Waals surface area contributed by atoms with Crippen molar-refractivity contribution >= 4 is 28.2 Å².